The lowest BCUT2D eigenvalue weighted by Gasteiger charge is -2.33. The second-order valence-electron chi connectivity index (χ2n) is 8.57. The number of anilines is 2. The van der Waals surface area contributed by atoms with Gasteiger partial charge in [-0.1, -0.05) is 24.6 Å². The molecule has 1 aliphatic rings. The Morgan fingerprint density at radius 3 is 2.83 bits per heavy atom. The Morgan fingerprint density at radius 2 is 2.14 bits per heavy atom. The number of nitrogens with one attached hydrogen (secondary N) is 2. The molecular formula is C25H29FN6O3S. The molecule has 4 rings (SSSR count). The Morgan fingerprint density at radius 1 is 1.33 bits per heavy atom. The summed E-state index contributed by atoms with van der Waals surface area (Å²) in [5.74, 6) is 3.33. The molecule has 0 spiro atoms. The van der Waals surface area contributed by atoms with Crippen molar-refractivity contribution in [3.8, 4) is 17.7 Å². The minimum Gasteiger partial charge on any atom is -0.495 e. The van der Waals surface area contributed by atoms with Gasteiger partial charge in [0.15, 0.2) is 0 Å². The highest BCUT2D eigenvalue weighted by molar-refractivity contribution is 7.89. The smallest absolute Gasteiger partial charge is 0.238 e. The number of nitrogens with zero attached hydrogens (tertiary/aromatic N) is 3. The zero-order valence-corrected chi connectivity index (χ0v) is 21.0. The van der Waals surface area contributed by atoms with Crippen LogP contribution in [0.2, 0.25) is 0 Å². The number of sulfonamides is 1. The number of likely N-dealkylation sites (tertiary alicyclic amines) is 1. The van der Waals surface area contributed by atoms with Crippen LogP contribution < -0.4 is 20.5 Å². The van der Waals surface area contributed by atoms with E-state index in [-0.39, 0.29) is 17.5 Å². The first kappa shape index (κ1) is 25.5. The molecule has 9 nitrogen and oxygen atoms in total. The fourth-order valence-corrected chi connectivity index (χ4v) is 4.72. The number of halogens is 1. The Hall–Kier alpha value is -3.59. The maximum atomic E-state index is 14.6. The summed E-state index contributed by atoms with van der Waals surface area (Å²) in [5.41, 5.74) is 2.75. The molecule has 190 valence electrons. The van der Waals surface area contributed by atoms with Crippen LogP contribution in [0.4, 0.5) is 15.8 Å². The lowest BCUT2D eigenvalue weighted by atomic mass is 10.0. The Balaban J connectivity index is 1.54. The number of rotatable bonds is 7. The van der Waals surface area contributed by atoms with Gasteiger partial charge in [0.25, 0.3) is 0 Å². The van der Waals surface area contributed by atoms with E-state index in [1.807, 2.05) is 30.1 Å². The van der Waals surface area contributed by atoms with E-state index >= 15 is 0 Å². The maximum Gasteiger partial charge on any atom is 0.238 e. The van der Waals surface area contributed by atoms with E-state index in [0.29, 0.717) is 29.9 Å². The second-order valence-corrected chi connectivity index (χ2v) is 10.1. The first-order valence-corrected chi connectivity index (χ1v) is 12.9. The third-order valence-electron chi connectivity index (χ3n) is 6.07. The first-order valence-electron chi connectivity index (χ1n) is 11.4. The molecule has 1 fully saturated rings. The van der Waals surface area contributed by atoms with Gasteiger partial charge in [0, 0.05) is 30.6 Å². The zero-order chi connectivity index (χ0) is 25.9. The maximum absolute atomic E-state index is 14.6. The van der Waals surface area contributed by atoms with Crippen LogP contribution in [-0.4, -0.2) is 69.1 Å². The van der Waals surface area contributed by atoms with Crippen LogP contribution in [-0.2, 0) is 10.0 Å². The highest BCUT2D eigenvalue weighted by Crippen LogP contribution is 2.29. The highest BCUT2D eigenvalue weighted by Gasteiger charge is 2.28. The van der Waals surface area contributed by atoms with Crippen LogP contribution in [0.5, 0.6) is 5.75 Å². The van der Waals surface area contributed by atoms with Gasteiger partial charge in [0.2, 0.25) is 10.0 Å². The monoisotopic (exact) mass is 512 g/mol. The van der Waals surface area contributed by atoms with Gasteiger partial charge in [-0.3, -0.25) is 0 Å². The van der Waals surface area contributed by atoms with Gasteiger partial charge in [-0.15, -0.1) is 0 Å². The average molecular weight is 513 g/mol. The molecule has 2 atom stereocenters. The number of primary sulfonamides is 1. The van der Waals surface area contributed by atoms with Crippen molar-refractivity contribution in [1.29, 1.82) is 0 Å². The van der Waals surface area contributed by atoms with Crippen LogP contribution in [0.1, 0.15) is 12.1 Å². The summed E-state index contributed by atoms with van der Waals surface area (Å²) in [6, 6.07) is 12.8. The third-order valence-corrected chi connectivity index (χ3v) is 6.98. The van der Waals surface area contributed by atoms with Crippen LogP contribution in [0.3, 0.4) is 0 Å². The number of benzene rings is 2. The molecule has 1 saturated heterocycles. The summed E-state index contributed by atoms with van der Waals surface area (Å²) < 4.78 is 44.5. The van der Waals surface area contributed by atoms with Crippen molar-refractivity contribution in [2.75, 3.05) is 44.4 Å². The standard InChI is InChI=1S/C25H29FN6O3S/c1-4-23-18-7-5-8-22(29-20-11-14-31(2)16-19(20)26)25(18)30-32(23)13-6-12-28-21-10-9-17(36(27,33)34)15-24(21)35-3/h4-5,7-10,15,19-20,28-29H,1,11-12,14,16H2,2-3H3,(H2,27,33,34)/t19-,20+/m0/s1. The van der Waals surface area contributed by atoms with E-state index in [9.17, 15) is 12.8 Å². The molecule has 0 aliphatic carbocycles. The lowest BCUT2D eigenvalue weighted by Crippen LogP contribution is -2.46. The van der Waals surface area contributed by atoms with Crippen LogP contribution >= 0.6 is 0 Å². The van der Waals surface area contributed by atoms with Crippen molar-refractivity contribution in [2.24, 2.45) is 5.14 Å². The Kier molecular flexibility index (Phi) is 7.49. The van der Waals surface area contributed by atoms with Gasteiger partial charge in [0.05, 0.1) is 41.7 Å². The predicted molar refractivity (Wildman–Crippen MR) is 140 cm³/mol. The minimum absolute atomic E-state index is 0.0430. The number of aromatic nitrogens is 2. The summed E-state index contributed by atoms with van der Waals surface area (Å²) in [7, 11) is -0.478. The highest BCUT2D eigenvalue weighted by atomic mass is 32.2. The average Bonchev–Trinajstić information content (AvgIpc) is 3.21. The van der Waals surface area contributed by atoms with Crippen molar-refractivity contribution >= 4 is 38.4 Å². The molecule has 1 aliphatic heterocycles. The van der Waals surface area contributed by atoms with Gasteiger partial charge in [-0.2, -0.15) is 9.78 Å². The SMILES string of the molecule is C=Cc1c2cccc(N[C@@H]3CCN(C)C[C@@H]3F)c2nn1C#CCNc1ccc(S(N)(=O)=O)cc1OC. The van der Waals surface area contributed by atoms with Crippen molar-refractivity contribution in [1.82, 2.24) is 14.7 Å². The van der Waals surface area contributed by atoms with Crippen molar-refractivity contribution < 1.29 is 17.5 Å². The second kappa shape index (κ2) is 10.6. The van der Waals surface area contributed by atoms with E-state index in [1.165, 1.54) is 19.2 Å². The van der Waals surface area contributed by atoms with E-state index in [0.717, 1.165) is 23.3 Å². The van der Waals surface area contributed by atoms with Gasteiger partial charge < -0.3 is 20.3 Å². The summed E-state index contributed by atoms with van der Waals surface area (Å²) in [6.07, 6.45) is 1.42. The summed E-state index contributed by atoms with van der Waals surface area (Å²) >= 11 is 0. The first-order chi connectivity index (χ1) is 17.2. The predicted octanol–water partition coefficient (Wildman–Crippen LogP) is 2.71. The lowest BCUT2D eigenvalue weighted by molar-refractivity contribution is 0.149. The van der Waals surface area contributed by atoms with Crippen LogP contribution in [0.25, 0.3) is 17.0 Å². The Labute approximate surface area is 210 Å². The molecule has 36 heavy (non-hydrogen) atoms. The molecule has 0 saturated carbocycles. The van der Waals surface area contributed by atoms with Crippen LogP contribution in [0.15, 0.2) is 47.9 Å². The van der Waals surface area contributed by atoms with E-state index in [1.54, 1.807) is 16.8 Å². The molecule has 2 aromatic carbocycles. The summed E-state index contributed by atoms with van der Waals surface area (Å²) in [4.78, 5) is 1.94. The number of methoxy groups -OCH3 is 1. The molecule has 0 radical (unpaired) electrons. The van der Waals surface area contributed by atoms with Gasteiger partial charge in [-0.25, -0.2) is 17.9 Å². The molecule has 11 heteroatoms. The number of nitrogens with two attached hydrogens (primary N) is 1. The third kappa shape index (κ3) is 5.46. The number of piperidine rings is 1. The molecule has 2 heterocycles. The van der Waals surface area contributed by atoms with E-state index in [4.69, 9.17) is 9.88 Å². The quantitative estimate of drug-likeness (QED) is 0.417. The molecule has 4 N–H and O–H groups in total. The van der Waals surface area contributed by atoms with E-state index in [2.05, 4.69) is 34.3 Å². The van der Waals surface area contributed by atoms with Crippen LogP contribution in [0, 0.1) is 12.0 Å². The van der Waals surface area contributed by atoms with Crippen molar-refractivity contribution in [2.45, 2.75) is 23.5 Å². The fraction of sp³-hybridized carbons (Fsp3) is 0.320. The Bertz CT molecular complexity index is 1440. The minimum atomic E-state index is -3.84. The van der Waals surface area contributed by atoms with Gasteiger partial charge in [-0.05, 0) is 37.7 Å². The number of ether oxygens (including phenoxy) is 1. The van der Waals surface area contributed by atoms with Gasteiger partial charge >= 0.3 is 0 Å². The number of hydrogen-bond acceptors (Lipinski definition) is 7. The van der Waals surface area contributed by atoms with Crippen molar-refractivity contribution in [3.63, 3.8) is 0 Å². The number of fused-ring (bicyclic) bond motifs is 1. The largest absolute Gasteiger partial charge is 0.495 e. The number of hydrogen-bond donors (Lipinski definition) is 3. The topological polar surface area (TPSA) is 115 Å². The summed E-state index contributed by atoms with van der Waals surface area (Å²) in [6.45, 7) is 5.36. The molecule has 3 aromatic rings. The molecule has 0 amide bonds. The normalized spacial score (nSPS) is 18.3. The zero-order valence-electron chi connectivity index (χ0n) is 20.2. The van der Waals surface area contributed by atoms with Crippen molar-refractivity contribution in [3.05, 3.63) is 48.7 Å². The number of alkyl halides is 1. The molecule has 0 unspecified atom stereocenters. The van der Waals surface area contributed by atoms with Gasteiger partial charge in [0.1, 0.15) is 17.4 Å². The molecular weight excluding hydrogens is 483 g/mol. The molecule has 0 bridgehead atoms. The molecule has 1 aromatic heterocycles. The van der Waals surface area contributed by atoms with E-state index < -0.39 is 16.2 Å². The summed E-state index contributed by atoms with van der Waals surface area (Å²) in [5, 5.41) is 17.1. The fourth-order valence-electron chi connectivity index (χ4n) is 4.19.